The number of carboxylic acid groups (broad SMARTS) is 1. The molecule has 0 amide bonds. The van der Waals surface area contributed by atoms with Gasteiger partial charge in [-0.1, -0.05) is 61.4 Å². The van der Waals surface area contributed by atoms with E-state index in [0.717, 1.165) is 44.9 Å². The van der Waals surface area contributed by atoms with Crippen LogP contribution in [0.25, 0.3) is 0 Å². The Kier molecular flexibility index (Phi) is 16.5. The summed E-state index contributed by atoms with van der Waals surface area (Å²) < 4.78 is 0. The Morgan fingerprint density at radius 2 is 1.58 bits per heavy atom. The van der Waals surface area contributed by atoms with Crippen LogP contribution in [-0.2, 0) is 4.79 Å². The van der Waals surface area contributed by atoms with Crippen LogP contribution in [0.15, 0.2) is 48.6 Å². The number of carboxylic acids is 1. The van der Waals surface area contributed by atoms with Gasteiger partial charge in [0.15, 0.2) is 0 Å². The van der Waals surface area contributed by atoms with E-state index in [9.17, 15) is 9.90 Å². The van der Waals surface area contributed by atoms with Gasteiger partial charge in [-0.3, -0.25) is 4.79 Å². The second-order valence-corrected chi connectivity index (χ2v) is 5.65. The monoisotopic (exact) mass is 336 g/mol. The van der Waals surface area contributed by atoms with Crippen LogP contribution in [0, 0.1) is 0 Å². The number of hydrogen-bond donors (Lipinski definition) is 3. The number of aliphatic hydroxyl groups excluding tert-OH is 2. The second-order valence-electron chi connectivity index (χ2n) is 5.65. The maximum absolute atomic E-state index is 10.3. The molecule has 0 aromatic carbocycles. The van der Waals surface area contributed by atoms with Crippen LogP contribution >= 0.6 is 0 Å². The van der Waals surface area contributed by atoms with Crippen molar-refractivity contribution in [3.8, 4) is 0 Å². The van der Waals surface area contributed by atoms with Gasteiger partial charge in [0.05, 0.1) is 6.10 Å². The lowest BCUT2D eigenvalue weighted by molar-refractivity contribution is -0.137. The highest BCUT2D eigenvalue weighted by atomic mass is 16.4. The molecule has 0 aliphatic heterocycles. The molecule has 3 N–H and O–H groups in total. The third-order valence-corrected chi connectivity index (χ3v) is 3.38. The third-order valence-electron chi connectivity index (χ3n) is 3.38. The van der Waals surface area contributed by atoms with Gasteiger partial charge in [-0.25, -0.2) is 0 Å². The summed E-state index contributed by atoms with van der Waals surface area (Å²) in [6.07, 6.45) is 22.3. The third kappa shape index (κ3) is 18.4. The largest absolute Gasteiger partial charge is 0.481 e. The van der Waals surface area contributed by atoms with E-state index in [4.69, 9.17) is 10.2 Å². The lowest BCUT2D eigenvalue weighted by Crippen LogP contribution is -2.01. The smallest absolute Gasteiger partial charge is 0.303 e. The van der Waals surface area contributed by atoms with Crippen LogP contribution in [0.5, 0.6) is 0 Å². The number of aliphatic hydroxyl groups is 2. The minimum Gasteiger partial charge on any atom is -0.481 e. The van der Waals surface area contributed by atoms with Crippen LogP contribution in [0.1, 0.15) is 57.8 Å². The molecule has 136 valence electrons. The lowest BCUT2D eigenvalue weighted by atomic mass is 10.1. The number of hydrogen-bond acceptors (Lipinski definition) is 3. The van der Waals surface area contributed by atoms with Crippen LogP contribution in [0.2, 0.25) is 0 Å². The molecule has 0 aliphatic rings. The summed E-state index contributed by atoms with van der Waals surface area (Å²) >= 11 is 0. The molecule has 24 heavy (non-hydrogen) atoms. The average Bonchev–Trinajstić information content (AvgIpc) is 2.55. The summed E-state index contributed by atoms with van der Waals surface area (Å²) in [6.45, 7) is 0.225. The molecule has 0 saturated heterocycles. The fraction of sp³-hybridized carbons (Fsp3) is 0.550. The van der Waals surface area contributed by atoms with Gasteiger partial charge in [-0.15, -0.1) is 0 Å². The molecule has 1 atom stereocenters. The first-order valence-corrected chi connectivity index (χ1v) is 8.81. The van der Waals surface area contributed by atoms with Gasteiger partial charge >= 0.3 is 5.97 Å². The Morgan fingerprint density at radius 1 is 0.875 bits per heavy atom. The molecule has 0 aromatic heterocycles. The Balaban J connectivity index is 3.57. The maximum atomic E-state index is 10.3. The summed E-state index contributed by atoms with van der Waals surface area (Å²) in [7, 11) is 0. The molecule has 0 spiro atoms. The zero-order valence-corrected chi connectivity index (χ0v) is 14.5. The molecule has 0 saturated carbocycles. The minimum absolute atomic E-state index is 0.225. The quantitative estimate of drug-likeness (QED) is 0.238. The van der Waals surface area contributed by atoms with Gasteiger partial charge in [0.1, 0.15) is 0 Å². The SMILES string of the molecule is O=C(O)CCCC=CCC=CCC=CC=CC(O)CCCCCO. The molecular weight excluding hydrogens is 304 g/mol. The second kappa shape index (κ2) is 17.7. The molecule has 1 unspecified atom stereocenters. The van der Waals surface area contributed by atoms with Crippen molar-refractivity contribution in [1.29, 1.82) is 0 Å². The molecule has 4 heteroatoms. The predicted molar refractivity (Wildman–Crippen MR) is 98.8 cm³/mol. The highest BCUT2D eigenvalue weighted by molar-refractivity contribution is 5.66. The van der Waals surface area contributed by atoms with E-state index < -0.39 is 12.1 Å². The van der Waals surface area contributed by atoms with Crippen molar-refractivity contribution in [2.45, 2.75) is 63.9 Å². The van der Waals surface area contributed by atoms with Crippen molar-refractivity contribution < 1.29 is 20.1 Å². The summed E-state index contributed by atoms with van der Waals surface area (Å²) in [5.74, 6) is -0.738. The van der Waals surface area contributed by atoms with Crippen molar-refractivity contribution in [3.63, 3.8) is 0 Å². The maximum Gasteiger partial charge on any atom is 0.303 e. The van der Waals surface area contributed by atoms with Crippen LogP contribution in [0.4, 0.5) is 0 Å². The lowest BCUT2D eigenvalue weighted by Gasteiger charge is -2.03. The van der Waals surface area contributed by atoms with E-state index in [1.54, 1.807) is 6.08 Å². The van der Waals surface area contributed by atoms with Gasteiger partial charge in [-0.05, 0) is 38.5 Å². The summed E-state index contributed by atoms with van der Waals surface area (Å²) in [4.78, 5) is 10.3. The fourth-order valence-electron chi connectivity index (χ4n) is 2.02. The zero-order valence-electron chi connectivity index (χ0n) is 14.5. The molecule has 4 nitrogen and oxygen atoms in total. The molecular formula is C20H32O4. The van der Waals surface area contributed by atoms with Crippen LogP contribution < -0.4 is 0 Å². The fourth-order valence-corrected chi connectivity index (χ4v) is 2.02. The van der Waals surface area contributed by atoms with Gasteiger partial charge in [0.2, 0.25) is 0 Å². The van der Waals surface area contributed by atoms with Crippen molar-refractivity contribution in [2.75, 3.05) is 6.61 Å². The highest BCUT2D eigenvalue weighted by Gasteiger charge is 1.97. The van der Waals surface area contributed by atoms with E-state index in [-0.39, 0.29) is 13.0 Å². The van der Waals surface area contributed by atoms with E-state index in [0.29, 0.717) is 6.42 Å². The van der Waals surface area contributed by atoms with Crippen LogP contribution in [0.3, 0.4) is 0 Å². The summed E-state index contributed by atoms with van der Waals surface area (Å²) in [5, 5.41) is 26.9. The van der Waals surface area contributed by atoms with Gasteiger partial charge in [-0.2, -0.15) is 0 Å². The number of allylic oxidation sites excluding steroid dienone is 7. The summed E-state index contributed by atoms with van der Waals surface area (Å²) in [6, 6.07) is 0. The van der Waals surface area contributed by atoms with Crippen molar-refractivity contribution in [1.82, 2.24) is 0 Å². The highest BCUT2D eigenvalue weighted by Crippen LogP contribution is 2.04. The van der Waals surface area contributed by atoms with E-state index in [2.05, 4.69) is 18.2 Å². The Bertz CT molecular complexity index is 408. The standard InChI is InChI=1S/C20H32O4/c21-18-14-10-12-16-19(22)15-11-8-6-4-2-1-3-5-7-9-13-17-20(23)24/h1-2,5-8,11,15,19,21-22H,3-4,9-10,12-14,16-18H2,(H,23,24). The Hall–Kier alpha value is -1.65. The Labute approximate surface area is 145 Å². The van der Waals surface area contributed by atoms with Crippen molar-refractivity contribution >= 4 is 5.97 Å². The molecule has 0 bridgehead atoms. The first kappa shape index (κ1) is 22.4. The molecule has 0 rings (SSSR count). The molecule has 0 heterocycles. The molecule has 0 aromatic rings. The van der Waals surface area contributed by atoms with Gasteiger partial charge in [0.25, 0.3) is 0 Å². The predicted octanol–water partition coefficient (Wildman–Crippen LogP) is 4.16. The summed E-state index contributed by atoms with van der Waals surface area (Å²) in [5.41, 5.74) is 0. The van der Waals surface area contributed by atoms with E-state index in [1.807, 2.05) is 24.3 Å². The normalized spacial score (nSPS) is 13.8. The topological polar surface area (TPSA) is 77.8 Å². The molecule has 0 radical (unpaired) electrons. The number of rotatable bonds is 15. The number of unbranched alkanes of at least 4 members (excludes halogenated alkanes) is 3. The average molecular weight is 336 g/mol. The number of aliphatic carboxylic acids is 1. The Morgan fingerprint density at radius 3 is 2.29 bits per heavy atom. The molecule has 0 fully saturated rings. The van der Waals surface area contributed by atoms with E-state index >= 15 is 0 Å². The number of carbonyl (C=O) groups is 1. The van der Waals surface area contributed by atoms with Crippen LogP contribution in [-0.4, -0.2) is 34.0 Å². The first-order chi connectivity index (χ1) is 11.7. The van der Waals surface area contributed by atoms with Crippen molar-refractivity contribution in [2.24, 2.45) is 0 Å². The van der Waals surface area contributed by atoms with Crippen molar-refractivity contribution in [3.05, 3.63) is 48.6 Å². The zero-order chi connectivity index (χ0) is 17.9. The van der Waals surface area contributed by atoms with E-state index in [1.165, 1.54) is 0 Å². The van der Waals surface area contributed by atoms with Gasteiger partial charge < -0.3 is 15.3 Å². The van der Waals surface area contributed by atoms with Gasteiger partial charge in [0, 0.05) is 13.0 Å². The minimum atomic E-state index is -0.738. The first-order valence-electron chi connectivity index (χ1n) is 8.81. The molecule has 0 aliphatic carbocycles.